The summed E-state index contributed by atoms with van der Waals surface area (Å²) in [5, 5.41) is 7.48. The molecule has 156 valence electrons. The fourth-order valence-electron chi connectivity index (χ4n) is 4.25. The van der Waals surface area contributed by atoms with Crippen LogP contribution in [0.25, 0.3) is 0 Å². The quantitative estimate of drug-likeness (QED) is 0.606. The van der Waals surface area contributed by atoms with Crippen LogP contribution in [0.1, 0.15) is 23.9 Å². The van der Waals surface area contributed by atoms with Crippen molar-refractivity contribution in [2.75, 3.05) is 38.3 Å². The molecule has 3 heterocycles. The van der Waals surface area contributed by atoms with E-state index in [0.717, 1.165) is 61.3 Å². The van der Waals surface area contributed by atoms with Crippen molar-refractivity contribution in [1.82, 2.24) is 9.78 Å². The number of piperazine rings is 1. The van der Waals surface area contributed by atoms with E-state index in [-0.39, 0.29) is 11.9 Å². The van der Waals surface area contributed by atoms with Gasteiger partial charge in [-0.3, -0.25) is 9.48 Å². The highest BCUT2D eigenvalue weighted by atomic mass is 16.7. The maximum Gasteiger partial charge on any atom is 0.282 e. The van der Waals surface area contributed by atoms with Gasteiger partial charge in [-0.05, 0) is 39.0 Å². The normalized spacial score (nSPS) is 21.8. The predicted molar refractivity (Wildman–Crippen MR) is 108 cm³/mol. The Morgan fingerprint density at radius 2 is 1.93 bits per heavy atom. The number of ether oxygens (including phenoxy) is 2. The summed E-state index contributed by atoms with van der Waals surface area (Å²) in [6, 6.07) is 6.12. The molecule has 2 aromatic rings. The summed E-state index contributed by atoms with van der Waals surface area (Å²) in [4.78, 5) is 15.7. The van der Waals surface area contributed by atoms with Crippen LogP contribution in [-0.4, -0.2) is 54.7 Å². The SMILES string of the molecule is Cc1nn(C)c(C)c1NC(=O)[C@H](C)[NH+]1CC[NH+](Cc2ccc3c(c2)OCO3)CC1. The summed E-state index contributed by atoms with van der Waals surface area (Å²) in [5.74, 6) is 1.74. The zero-order valence-corrected chi connectivity index (χ0v) is 17.7. The molecule has 1 saturated heterocycles. The van der Waals surface area contributed by atoms with Gasteiger partial charge < -0.3 is 24.6 Å². The summed E-state index contributed by atoms with van der Waals surface area (Å²) in [6.45, 7) is 11.3. The molecule has 4 rings (SSSR count). The van der Waals surface area contributed by atoms with Crippen molar-refractivity contribution in [1.29, 1.82) is 0 Å². The molecule has 1 aromatic heterocycles. The summed E-state index contributed by atoms with van der Waals surface area (Å²) in [7, 11) is 1.90. The number of aryl methyl sites for hydroxylation is 2. The van der Waals surface area contributed by atoms with Crippen LogP contribution in [-0.2, 0) is 18.4 Å². The Labute approximate surface area is 171 Å². The highest BCUT2D eigenvalue weighted by Gasteiger charge is 2.32. The third-order valence-corrected chi connectivity index (χ3v) is 6.25. The van der Waals surface area contributed by atoms with Gasteiger partial charge in [0.25, 0.3) is 5.91 Å². The van der Waals surface area contributed by atoms with Gasteiger partial charge >= 0.3 is 0 Å². The molecule has 1 fully saturated rings. The topological polar surface area (TPSA) is 74.3 Å². The first-order valence-electron chi connectivity index (χ1n) is 10.3. The number of quaternary nitrogens is 2. The van der Waals surface area contributed by atoms with Crippen LogP contribution >= 0.6 is 0 Å². The number of rotatable bonds is 5. The van der Waals surface area contributed by atoms with Gasteiger partial charge in [0.1, 0.15) is 32.7 Å². The van der Waals surface area contributed by atoms with E-state index in [1.807, 2.05) is 33.9 Å². The van der Waals surface area contributed by atoms with Crippen LogP contribution in [0.4, 0.5) is 5.69 Å². The predicted octanol–water partition coefficient (Wildman–Crippen LogP) is -0.924. The molecule has 29 heavy (non-hydrogen) atoms. The minimum Gasteiger partial charge on any atom is -0.454 e. The minimum absolute atomic E-state index is 0.0680. The molecule has 0 bridgehead atoms. The number of nitrogens with one attached hydrogen (secondary N) is 3. The van der Waals surface area contributed by atoms with Crippen molar-refractivity contribution in [2.24, 2.45) is 7.05 Å². The zero-order valence-electron chi connectivity index (χ0n) is 17.7. The largest absolute Gasteiger partial charge is 0.454 e. The first-order valence-corrected chi connectivity index (χ1v) is 10.3. The highest BCUT2D eigenvalue weighted by molar-refractivity contribution is 5.94. The number of anilines is 1. The minimum atomic E-state index is -0.0823. The van der Waals surface area contributed by atoms with Gasteiger partial charge in [0.2, 0.25) is 6.79 Å². The summed E-state index contributed by atoms with van der Waals surface area (Å²) in [5.41, 5.74) is 3.95. The van der Waals surface area contributed by atoms with Crippen LogP contribution in [0.5, 0.6) is 11.5 Å². The number of fused-ring (bicyclic) bond motifs is 1. The zero-order chi connectivity index (χ0) is 20.5. The second-order valence-electron chi connectivity index (χ2n) is 8.15. The van der Waals surface area contributed by atoms with Gasteiger partial charge in [-0.25, -0.2) is 0 Å². The molecular formula is C21H31N5O3+2. The van der Waals surface area contributed by atoms with Crippen LogP contribution in [0.2, 0.25) is 0 Å². The second kappa shape index (κ2) is 8.04. The first-order chi connectivity index (χ1) is 13.9. The van der Waals surface area contributed by atoms with E-state index < -0.39 is 0 Å². The lowest BCUT2D eigenvalue weighted by Crippen LogP contribution is -3.29. The smallest absolute Gasteiger partial charge is 0.282 e. The fourth-order valence-corrected chi connectivity index (χ4v) is 4.25. The summed E-state index contributed by atoms with van der Waals surface area (Å²) >= 11 is 0. The van der Waals surface area contributed by atoms with Gasteiger partial charge in [0, 0.05) is 12.6 Å². The molecule has 8 nitrogen and oxygen atoms in total. The van der Waals surface area contributed by atoms with Gasteiger partial charge in [-0.15, -0.1) is 0 Å². The molecule has 2 aliphatic rings. The van der Waals surface area contributed by atoms with Crippen LogP contribution < -0.4 is 24.6 Å². The number of hydrogen-bond donors (Lipinski definition) is 3. The number of aromatic nitrogens is 2. The van der Waals surface area contributed by atoms with E-state index in [2.05, 4.69) is 22.5 Å². The average molecular weight is 402 g/mol. The van der Waals surface area contributed by atoms with Crippen molar-refractivity contribution in [3.05, 3.63) is 35.2 Å². The van der Waals surface area contributed by atoms with E-state index in [1.54, 1.807) is 9.58 Å². The number of benzene rings is 1. The van der Waals surface area contributed by atoms with Crippen LogP contribution in [0, 0.1) is 13.8 Å². The van der Waals surface area contributed by atoms with E-state index in [0.29, 0.717) is 6.79 Å². The fraction of sp³-hybridized carbons (Fsp3) is 0.524. The molecule has 0 aliphatic carbocycles. The average Bonchev–Trinajstić information content (AvgIpc) is 3.27. The Kier molecular flexibility index (Phi) is 5.47. The maximum atomic E-state index is 12.8. The van der Waals surface area contributed by atoms with Gasteiger partial charge in [-0.1, -0.05) is 0 Å². The monoisotopic (exact) mass is 401 g/mol. The molecule has 2 aliphatic heterocycles. The van der Waals surface area contributed by atoms with Gasteiger partial charge in [0.05, 0.1) is 17.1 Å². The number of carbonyl (C=O) groups is 1. The van der Waals surface area contributed by atoms with E-state index in [9.17, 15) is 4.79 Å². The summed E-state index contributed by atoms with van der Waals surface area (Å²) in [6.07, 6.45) is 0. The number of carbonyl (C=O) groups excluding carboxylic acids is 1. The van der Waals surface area contributed by atoms with Crippen molar-refractivity contribution in [3.63, 3.8) is 0 Å². The Bertz CT molecular complexity index is 902. The third-order valence-electron chi connectivity index (χ3n) is 6.25. The molecule has 1 amide bonds. The third kappa shape index (κ3) is 4.09. The molecule has 0 saturated carbocycles. The van der Waals surface area contributed by atoms with Crippen molar-refractivity contribution in [2.45, 2.75) is 33.4 Å². The van der Waals surface area contributed by atoms with Crippen molar-refractivity contribution >= 4 is 11.6 Å². The van der Waals surface area contributed by atoms with E-state index >= 15 is 0 Å². The summed E-state index contributed by atoms with van der Waals surface area (Å²) < 4.78 is 12.7. The lowest BCUT2D eigenvalue weighted by molar-refractivity contribution is -1.02. The Morgan fingerprint density at radius 1 is 1.21 bits per heavy atom. The Hall–Kier alpha value is -2.58. The lowest BCUT2D eigenvalue weighted by atomic mass is 10.1. The molecule has 0 unspecified atom stereocenters. The van der Waals surface area contributed by atoms with Gasteiger partial charge in [-0.2, -0.15) is 5.10 Å². The standard InChI is InChI=1S/C21H29N5O3/c1-14-20(15(2)24(4)23-14)22-21(27)16(3)26-9-7-25(8-10-26)12-17-5-6-18-19(11-17)29-13-28-18/h5-6,11,16H,7-10,12-13H2,1-4H3,(H,22,27)/p+2/t16-/m0/s1. The molecule has 8 heteroatoms. The van der Waals surface area contributed by atoms with Crippen molar-refractivity contribution < 1.29 is 24.1 Å². The van der Waals surface area contributed by atoms with Gasteiger partial charge in [0.15, 0.2) is 17.5 Å². The molecule has 0 radical (unpaired) electrons. The Balaban J connectivity index is 1.30. The molecule has 1 aromatic carbocycles. The molecule has 1 atom stereocenters. The first kappa shape index (κ1) is 19.7. The lowest BCUT2D eigenvalue weighted by Gasteiger charge is -2.32. The molecule has 3 N–H and O–H groups in total. The molecular weight excluding hydrogens is 370 g/mol. The second-order valence-corrected chi connectivity index (χ2v) is 8.15. The van der Waals surface area contributed by atoms with Crippen LogP contribution in [0.15, 0.2) is 18.2 Å². The van der Waals surface area contributed by atoms with E-state index in [1.165, 1.54) is 10.5 Å². The number of hydrogen-bond acceptors (Lipinski definition) is 4. The number of nitrogens with zero attached hydrogens (tertiary/aromatic N) is 2. The molecule has 0 spiro atoms. The van der Waals surface area contributed by atoms with E-state index in [4.69, 9.17) is 9.47 Å². The highest BCUT2D eigenvalue weighted by Crippen LogP contribution is 2.32. The van der Waals surface area contributed by atoms with Crippen LogP contribution in [0.3, 0.4) is 0 Å². The maximum absolute atomic E-state index is 12.8. The number of amides is 1. The Morgan fingerprint density at radius 3 is 2.62 bits per heavy atom. The van der Waals surface area contributed by atoms with Crippen molar-refractivity contribution in [3.8, 4) is 11.5 Å².